The number of benzene rings is 1. The van der Waals surface area contributed by atoms with Crippen LogP contribution in [0.5, 0.6) is 0 Å². The predicted molar refractivity (Wildman–Crippen MR) is 55.1 cm³/mol. The van der Waals surface area contributed by atoms with Crippen LogP contribution >= 0.6 is 15.9 Å². The minimum atomic E-state index is -0.284. The van der Waals surface area contributed by atoms with Crippen LogP contribution in [0.15, 0.2) is 22.7 Å². The molecule has 0 unspecified atom stereocenters. The Morgan fingerprint density at radius 1 is 1.46 bits per heavy atom. The summed E-state index contributed by atoms with van der Waals surface area (Å²) in [4.78, 5) is 0. The topological polar surface area (TPSA) is 49.8 Å². The summed E-state index contributed by atoms with van der Waals surface area (Å²) in [5, 5.41) is 9.00. The average Bonchev–Trinajstić information content (AvgIpc) is 2.90. The summed E-state index contributed by atoms with van der Waals surface area (Å²) in [5.41, 5.74) is 7.24. The molecule has 0 spiro atoms. The molecule has 0 atom stereocenters. The molecule has 2 rings (SSSR count). The van der Waals surface area contributed by atoms with E-state index in [9.17, 15) is 0 Å². The number of nitrogens with zero attached hydrogens (tertiary/aromatic N) is 1. The number of halogens is 1. The molecule has 0 aliphatic heterocycles. The highest BCUT2D eigenvalue weighted by Crippen LogP contribution is 2.49. The van der Waals surface area contributed by atoms with Gasteiger partial charge in [0.15, 0.2) is 0 Å². The zero-order valence-corrected chi connectivity index (χ0v) is 8.63. The Morgan fingerprint density at radius 3 is 2.69 bits per heavy atom. The van der Waals surface area contributed by atoms with Crippen molar-refractivity contribution in [3.63, 3.8) is 0 Å². The highest BCUT2D eigenvalue weighted by molar-refractivity contribution is 9.10. The van der Waals surface area contributed by atoms with E-state index in [0.29, 0.717) is 0 Å². The van der Waals surface area contributed by atoms with Gasteiger partial charge in [-0.1, -0.05) is 15.9 Å². The maximum atomic E-state index is 9.00. The fraction of sp³-hybridized carbons (Fsp3) is 0.300. The summed E-state index contributed by atoms with van der Waals surface area (Å²) in [6.07, 6.45) is 1.87. The summed E-state index contributed by atoms with van der Waals surface area (Å²) < 4.78 is 0.984. The van der Waals surface area contributed by atoms with Gasteiger partial charge in [-0.3, -0.25) is 0 Å². The Balaban J connectivity index is 2.52. The Labute approximate surface area is 85.5 Å². The fourth-order valence-electron chi connectivity index (χ4n) is 1.51. The van der Waals surface area contributed by atoms with Crippen LogP contribution in [0.4, 0.5) is 5.69 Å². The van der Waals surface area contributed by atoms with E-state index in [2.05, 4.69) is 22.0 Å². The molecule has 1 aliphatic rings. The number of nitrogen functional groups attached to an aromatic ring is 1. The summed E-state index contributed by atoms with van der Waals surface area (Å²) in [6.45, 7) is 0. The van der Waals surface area contributed by atoms with Crippen molar-refractivity contribution in [3.8, 4) is 6.07 Å². The van der Waals surface area contributed by atoms with E-state index >= 15 is 0 Å². The van der Waals surface area contributed by atoms with Crippen LogP contribution in [0.1, 0.15) is 18.4 Å². The molecule has 1 aromatic carbocycles. The molecule has 66 valence electrons. The van der Waals surface area contributed by atoms with Crippen molar-refractivity contribution in [2.45, 2.75) is 18.3 Å². The van der Waals surface area contributed by atoms with E-state index in [0.717, 1.165) is 28.6 Å². The van der Waals surface area contributed by atoms with E-state index in [4.69, 9.17) is 11.0 Å². The Morgan fingerprint density at radius 2 is 2.15 bits per heavy atom. The molecule has 0 aromatic heterocycles. The molecule has 0 radical (unpaired) electrons. The molecule has 2 nitrogen and oxygen atoms in total. The second-order valence-corrected chi connectivity index (χ2v) is 4.34. The Bertz CT molecular complexity index is 388. The summed E-state index contributed by atoms with van der Waals surface area (Å²) in [6, 6.07) is 8.03. The first-order chi connectivity index (χ1) is 6.18. The fourth-order valence-corrected chi connectivity index (χ4v) is 1.87. The first-order valence-electron chi connectivity index (χ1n) is 4.15. The molecule has 1 aliphatic carbocycles. The lowest BCUT2D eigenvalue weighted by molar-refractivity contribution is 0.911. The summed E-state index contributed by atoms with van der Waals surface area (Å²) in [7, 11) is 0. The maximum absolute atomic E-state index is 9.00. The molecule has 0 heterocycles. The van der Waals surface area contributed by atoms with Crippen LogP contribution in [0.3, 0.4) is 0 Å². The third-order valence-electron chi connectivity index (χ3n) is 2.49. The van der Waals surface area contributed by atoms with Crippen LogP contribution in [0.25, 0.3) is 0 Å². The van der Waals surface area contributed by atoms with Crippen molar-refractivity contribution >= 4 is 21.6 Å². The van der Waals surface area contributed by atoms with Gasteiger partial charge in [0.25, 0.3) is 0 Å². The SMILES string of the molecule is N#CC1(c2cc(Br)ccc2N)CC1. The van der Waals surface area contributed by atoms with Crippen molar-refractivity contribution in [2.24, 2.45) is 0 Å². The van der Waals surface area contributed by atoms with Gasteiger partial charge >= 0.3 is 0 Å². The van der Waals surface area contributed by atoms with Crippen LogP contribution in [0, 0.1) is 11.3 Å². The number of nitrogens with two attached hydrogens (primary N) is 1. The average molecular weight is 237 g/mol. The van der Waals surface area contributed by atoms with Crippen LogP contribution in [-0.2, 0) is 5.41 Å². The highest BCUT2D eigenvalue weighted by atomic mass is 79.9. The first-order valence-corrected chi connectivity index (χ1v) is 4.94. The number of hydrogen-bond acceptors (Lipinski definition) is 2. The third-order valence-corrected chi connectivity index (χ3v) is 2.99. The molecule has 0 bridgehead atoms. The van der Waals surface area contributed by atoms with Crippen molar-refractivity contribution in [3.05, 3.63) is 28.2 Å². The zero-order valence-electron chi connectivity index (χ0n) is 7.05. The first kappa shape index (κ1) is 8.58. The quantitative estimate of drug-likeness (QED) is 0.763. The zero-order chi connectivity index (χ0) is 9.47. The smallest absolute Gasteiger partial charge is 0.0843 e. The summed E-state index contributed by atoms with van der Waals surface area (Å²) in [5.74, 6) is 0. The van der Waals surface area contributed by atoms with Gasteiger partial charge in [-0.15, -0.1) is 0 Å². The minimum Gasteiger partial charge on any atom is -0.398 e. The predicted octanol–water partition coefficient (Wildman–Crippen LogP) is 2.59. The van der Waals surface area contributed by atoms with Crippen molar-refractivity contribution < 1.29 is 0 Å². The molecule has 13 heavy (non-hydrogen) atoms. The van der Waals surface area contributed by atoms with Gasteiger partial charge < -0.3 is 5.73 Å². The van der Waals surface area contributed by atoms with Gasteiger partial charge in [0, 0.05) is 10.2 Å². The Kier molecular flexibility index (Phi) is 1.81. The molecule has 0 amide bonds. The Hall–Kier alpha value is -1.01. The normalized spacial score (nSPS) is 17.8. The second-order valence-electron chi connectivity index (χ2n) is 3.43. The third kappa shape index (κ3) is 1.31. The van der Waals surface area contributed by atoms with E-state index in [1.807, 2.05) is 18.2 Å². The van der Waals surface area contributed by atoms with Gasteiger partial charge in [-0.05, 0) is 36.6 Å². The molecule has 2 N–H and O–H groups in total. The highest BCUT2D eigenvalue weighted by Gasteiger charge is 2.46. The number of rotatable bonds is 1. The molecule has 1 aromatic rings. The standard InChI is InChI=1S/C10H9BrN2/c11-7-1-2-9(13)8(5-7)10(6-12)3-4-10/h1-2,5H,3-4,13H2. The lowest BCUT2D eigenvalue weighted by Gasteiger charge is -2.09. The van der Waals surface area contributed by atoms with E-state index in [1.165, 1.54) is 0 Å². The molecule has 1 saturated carbocycles. The molecular weight excluding hydrogens is 228 g/mol. The van der Waals surface area contributed by atoms with E-state index in [1.54, 1.807) is 0 Å². The monoisotopic (exact) mass is 236 g/mol. The van der Waals surface area contributed by atoms with E-state index < -0.39 is 0 Å². The van der Waals surface area contributed by atoms with Crippen LogP contribution in [0.2, 0.25) is 0 Å². The molecule has 1 fully saturated rings. The van der Waals surface area contributed by atoms with Crippen molar-refractivity contribution in [2.75, 3.05) is 5.73 Å². The maximum Gasteiger partial charge on any atom is 0.0843 e. The van der Waals surface area contributed by atoms with Crippen LogP contribution in [-0.4, -0.2) is 0 Å². The van der Waals surface area contributed by atoms with Gasteiger partial charge in [0.2, 0.25) is 0 Å². The summed E-state index contributed by atoms with van der Waals surface area (Å²) >= 11 is 3.38. The van der Waals surface area contributed by atoms with E-state index in [-0.39, 0.29) is 5.41 Å². The number of hydrogen-bond donors (Lipinski definition) is 1. The van der Waals surface area contributed by atoms with Crippen molar-refractivity contribution in [1.29, 1.82) is 5.26 Å². The lowest BCUT2D eigenvalue weighted by Crippen LogP contribution is -2.06. The van der Waals surface area contributed by atoms with Crippen LogP contribution < -0.4 is 5.73 Å². The second kappa shape index (κ2) is 2.74. The molecule has 0 saturated heterocycles. The lowest BCUT2D eigenvalue weighted by atomic mass is 9.96. The number of nitriles is 1. The molecule has 3 heteroatoms. The molecular formula is C10H9BrN2. The van der Waals surface area contributed by atoms with Gasteiger partial charge in [0.05, 0.1) is 11.5 Å². The largest absolute Gasteiger partial charge is 0.398 e. The minimum absolute atomic E-state index is 0.284. The van der Waals surface area contributed by atoms with Gasteiger partial charge in [-0.25, -0.2) is 0 Å². The van der Waals surface area contributed by atoms with Crippen molar-refractivity contribution in [1.82, 2.24) is 0 Å². The van der Waals surface area contributed by atoms with Gasteiger partial charge in [0.1, 0.15) is 0 Å². The number of anilines is 1. The van der Waals surface area contributed by atoms with Gasteiger partial charge in [-0.2, -0.15) is 5.26 Å².